The Bertz CT molecular complexity index is 695. The molecule has 2 aromatic rings. The molecule has 0 aliphatic heterocycles. The Morgan fingerprint density at radius 3 is 2.79 bits per heavy atom. The Labute approximate surface area is 108 Å². The van der Waals surface area contributed by atoms with Crippen LogP contribution in [0.3, 0.4) is 0 Å². The molecule has 1 aromatic carbocycles. The van der Waals surface area contributed by atoms with Crippen molar-refractivity contribution in [2.75, 3.05) is 7.11 Å². The average molecular weight is 262 g/mol. The number of methoxy groups -OCH3 is 1. The molecular formula is C13H11FN2O3. The molecule has 2 rings (SSSR count). The van der Waals surface area contributed by atoms with Crippen molar-refractivity contribution in [2.24, 2.45) is 0 Å². The summed E-state index contributed by atoms with van der Waals surface area (Å²) in [6.45, 7) is 1.80. The van der Waals surface area contributed by atoms with Gasteiger partial charge in [0.2, 0.25) is 11.1 Å². The van der Waals surface area contributed by atoms with E-state index < -0.39 is 17.2 Å². The maximum Gasteiger partial charge on any atom is 0.362 e. The molecule has 0 aliphatic carbocycles. The minimum atomic E-state index is -0.854. The number of carbonyl (C=O) groups excluding carboxylic acids is 1. The summed E-state index contributed by atoms with van der Waals surface area (Å²) in [6.07, 6.45) is 1.30. The molecule has 1 heterocycles. The van der Waals surface area contributed by atoms with Gasteiger partial charge in [0.25, 0.3) is 0 Å². The van der Waals surface area contributed by atoms with Gasteiger partial charge in [-0.15, -0.1) is 0 Å². The van der Waals surface area contributed by atoms with Gasteiger partial charge in [-0.05, 0) is 24.6 Å². The summed E-state index contributed by atoms with van der Waals surface area (Å²) < 4.78 is 19.3. The monoisotopic (exact) mass is 262 g/mol. The number of ether oxygens (including phenoxy) is 1. The minimum Gasteiger partial charge on any atom is -0.464 e. The van der Waals surface area contributed by atoms with Crippen LogP contribution in [0.15, 0.2) is 35.3 Å². The highest BCUT2D eigenvalue weighted by atomic mass is 19.1. The Morgan fingerprint density at radius 2 is 2.11 bits per heavy atom. The van der Waals surface area contributed by atoms with E-state index in [1.54, 1.807) is 19.1 Å². The molecule has 5 nitrogen and oxygen atoms in total. The van der Waals surface area contributed by atoms with Crippen LogP contribution < -0.4 is 5.43 Å². The largest absolute Gasteiger partial charge is 0.464 e. The van der Waals surface area contributed by atoms with Crippen LogP contribution in [0, 0.1) is 12.7 Å². The molecule has 0 atom stereocenters. The van der Waals surface area contributed by atoms with E-state index in [2.05, 4.69) is 9.84 Å². The van der Waals surface area contributed by atoms with Gasteiger partial charge in [-0.1, -0.05) is 6.07 Å². The first kappa shape index (κ1) is 12.9. The molecule has 0 aliphatic rings. The number of benzene rings is 1. The fraction of sp³-hybridized carbons (Fsp3) is 0.154. The third kappa shape index (κ3) is 2.52. The SMILES string of the molecule is COC(=O)c1nn(-c2cc(C)ccc2F)ccc1=O. The van der Waals surface area contributed by atoms with Crippen molar-refractivity contribution in [3.8, 4) is 5.69 Å². The van der Waals surface area contributed by atoms with Gasteiger partial charge in [0.05, 0.1) is 7.11 Å². The van der Waals surface area contributed by atoms with E-state index in [4.69, 9.17) is 0 Å². The summed E-state index contributed by atoms with van der Waals surface area (Å²) in [6, 6.07) is 5.61. The first-order valence-electron chi connectivity index (χ1n) is 5.48. The van der Waals surface area contributed by atoms with Gasteiger partial charge in [0.1, 0.15) is 11.5 Å². The van der Waals surface area contributed by atoms with Crippen LogP contribution in [0.5, 0.6) is 0 Å². The lowest BCUT2D eigenvalue weighted by Crippen LogP contribution is -2.21. The van der Waals surface area contributed by atoms with Crippen LogP contribution >= 0.6 is 0 Å². The van der Waals surface area contributed by atoms with Crippen LogP contribution in [0.4, 0.5) is 4.39 Å². The molecule has 19 heavy (non-hydrogen) atoms. The highest BCUT2D eigenvalue weighted by Crippen LogP contribution is 2.13. The summed E-state index contributed by atoms with van der Waals surface area (Å²) in [5.41, 5.74) is 0.0312. The predicted octanol–water partition coefficient (Wildman–Crippen LogP) is 1.47. The molecule has 0 radical (unpaired) electrons. The minimum absolute atomic E-state index is 0.158. The fourth-order valence-corrected chi connectivity index (χ4v) is 1.58. The summed E-state index contributed by atoms with van der Waals surface area (Å²) >= 11 is 0. The molecule has 0 saturated carbocycles. The summed E-state index contributed by atoms with van der Waals surface area (Å²) in [5.74, 6) is -1.36. The van der Waals surface area contributed by atoms with Crippen molar-refractivity contribution >= 4 is 5.97 Å². The van der Waals surface area contributed by atoms with Gasteiger partial charge in [0.15, 0.2) is 0 Å². The third-order valence-electron chi connectivity index (χ3n) is 2.54. The second-order valence-electron chi connectivity index (χ2n) is 3.92. The Kier molecular flexibility index (Phi) is 3.41. The van der Waals surface area contributed by atoms with Crippen molar-refractivity contribution in [3.63, 3.8) is 0 Å². The second-order valence-corrected chi connectivity index (χ2v) is 3.92. The molecule has 1 aromatic heterocycles. The smallest absolute Gasteiger partial charge is 0.362 e. The van der Waals surface area contributed by atoms with Gasteiger partial charge in [0, 0.05) is 12.3 Å². The number of hydrogen-bond donors (Lipinski definition) is 0. The number of carbonyl (C=O) groups is 1. The maximum absolute atomic E-state index is 13.7. The van der Waals surface area contributed by atoms with Gasteiger partial charge in [-0.2, -0.15) is 5.10 Å². The van der Waals surface area contributed by atoms with E-state index >= 15 is 0 Å². The van der Waals surface area contributed by atoms with Crippen molar-refractivity contribution in [1.82, 2.24) is 9.78 Å². The zero-order chi connectivity index (χ0) is 14.0. The van der Waals surface area contributed by atoms with E-state index in [1.165, 1.54) is 12.3 Å². The molecular weight excluding hydrogens is 251 g/mol. The van der Waals surface area contributed by atoms with Gasteiger partial charge < -0.3 is 4.74 Å². The predicted molar refractivity (Wildman–Crippen MR) is 65.9 cm³/mol. The highest BCUT2D eigenvalue weighted by Gasteiger charge is 2.14. The lowest BCUT2D eigenvalue weighted by molar-refractivity contribution is 0.0590. The van der Waals surface area contributed by atoms with Crippen LogP contribution in [0.25, 0.3) is 5.69 Å². The van der Waals surface area contributed by atoms with Gasteiger partial charge >= 0.3 is 5.97 Å². The standard InChI is InChI=1S/C13H11FN2O3/c1-8-3-4-9(14)10(7-8)16-6-5-11(17)12(15-16)13(18)19-2/h3-7H,1-2H3. The summed E-state index contributed by atoms with van der Waals surface area (Å²) in [4.78, 5) is 22.9. The third-order valence-corrected chi connectivity index (χ3v) is 2.54. The van der Waals surface area contributed by atoms with Gasteiger partial charge in [-0.3, -0.25) is 4.79 Å². The number of halogens is 1. The first-order chi connectivity index (χ1) is 9.02. The highest BCUT2D eigenvalue weighted by molar-refractivity contribution is 5.86. The Morgan fingerprint density at radius 1 is 1.37 bits per heavy atom. The topological polar surface area (TPSA) is 61.2 Å². The molecule has 98 valence electrons. The second kappa shape index (κ2) is 5.01. The van der Waals surface area contributed by atoms with Crippen LogP contribution in [-0.2, 0) is 4.74 Å². The Balaban J connectivity index is 2.61. The van der Waals surface area contributed by atoms with E-state index in [-0.39, 0.29) is 11.4 Å². The van der Waals surface area contributed by atoms with E-state index in [0.29, 0.717) is 0 Å². The molecule has 0 amide bonds. The summed E-state index contributed by atoms with van der Waals surface area (Å²) in [7, 11) is 1.15. The molecule has 0 spiro atoms. The number of aryl methyl sites for hydroxylation is 1. The Hall–Kier alpha value is -2.50. The number of aromatic nitrogens is 2. The van der Waals surface area contributed by atoms with Crippen molar-refractivity contribution in [3.05, 3.63) is 57.8 Å². The fourth-order valence-electron chi connectivity index (χ4n) is 1.58. The number of esters is 1. The van der Waals surface area contributed by atoms with E-state index in [1.807, 2.05) is 0 Å². The van der Waals surface area contributed by atoms with E-state index in [0.717, 1.165) is 23.4 Å². The number of rotatable bonds is 2. The normalized spacial score (nSPS) is 10.3. The zero-order valence-corrected chi connectivity index (χ0v) is 10.4. The molecule has 6 heteroatoms. The van der Waals surface area contributed by atoms with Crippen molar-refractivity contribution < 1.29 is 13.9 Å². The molecule has 0 saturated heterocycles. The number of hydrogen-bond acceptors (Lipinski definition) is 4. The lowest BCUT2D eigenvalue weighted by atomic mass is 10.2. The quantitative estimate of drug-likeness (QED) is 0.769. The molecule has 0 unspecified atom stereocenters. The number of nitrogens with zero attached hydrogens (tertiary/aromatic N) is 2. The first-order valence-corrected chi connectivity index (χ1v) is 5.48. The molecule has 0 fully saturated rings. The zero-order valence-electron chi connectivity index (χ0n) is 10.4. The summed E-state index contributed by atoms with van der Waals surface area (Å²) in [5, 5.41) is 3.80. The maximum atomic E-state index is 13.7. The van der Waals surface area contributed by atoms with Crippen LogP contribution in [0.2, 0.25) is 0 Å². The average Bonchev–Trinajstić information content (AvgIpc) is 2.41. The van der Waals surface area contributed by atoms with Crippen molar-refractivity contribution in [1.29, 1.82) is 0 Å². The van der Waals surface area contributed by atoms with Crippen LogP contribution in [-0.4, -0.2) is 22.9 Å². The van der Waals surface area contributed by atoms with E-state index in [9.17, 15) is 14.0 Å². The van der Waals surface area contributed by atoms with Crippen LogP contribution in [0.1, 0.15) is 16.1 Å². The van der Waals surface area contributed by atoms with Crippen molar-refractivity contribution in [2.45, 2.75) is 6.92 Å². The van der Waals surface area contributed by atoms with Gasteiger partial charge in [-0.25, -0.2) is 13.9 Å². The molecule has 0 bridgehead atoms. The molecule has 0 N–H and O–H groups in total. The lowest BCUT2D eigenvalue weighted by Gasteiger charge is -2.08.